The van der Waals surface area contributed by atoms with Gasteiger partial charge in [-0.1, -0.05) is 25.1 Å². The summed E-state index contributed by atoms with van der Waals surface area (Å²) in [5, 5.41) is 3.36. The summed E-state index contributed by atoms with van der Waals surface area (Å²) >= 11 is 0. The van der Waals surface area contributed by atoms with Gasteiger partial charge in [0.15, 0.2) is 0 Å². The Balaban J connectivity index is 1.84. The number of hydrogen-bond acceptors (Lipinski definition) is 4. The molecule has 25 heavy (non-hydrogen) atoms. The number of benzene rings is 1. The van der Waals surface area contributed by atoms with Crippen LogP contribution in [0.2, 0.25) is 0 Å². The Morgan fingerprint density at radius 2 is 1.76 bits per heavy atom. The molecule has 1 aliphatic rings. The van der Waals surface area contributed by atoms with Crippen molar-refractivity contribution in [1.82, 2.24) is 14.9 Å². The van der Waals surface area contributed by atoms with Crippen LogP contribution in [-0.2, 0) is 0 Å². The van der Waals surface area contributed by atoms with Gasteiger partial charge < -0.3 is 10.2 Å². The molecule has 0 saturated carbocycles. The lowest BCUT2D eigenvalue weighted by atomic mass is 9.99. The van der Waals surface area contributed by atoms with Gasteiger partial charge in [0, 0.05) is 24.8 Å². The monoisotopic (exact) mass is 338 g/mol. The highest BCUT2D eigenvalue weighted by Crippen LogP contribution is 2.24. The number of amides is 1. The Kier molecular flexibility index (Phi) is 5.02. The number of nitrogens with zero attached hydrogens (tertiary/aromatic N) is 3. The third-order valence-electron chi connectivity index (χ3n) is 4.86. The number of carbonyl (C=O) groups is 1. The maximum Gasteiger partial charge on any atom is 0.272 e. The number of rotatable bonds is 3. The van der Waals surface area contributed by atoms with E-state index in [0.717, 1.165) is 42.7 Å². The average molecular weight is 338 g/mol. The summed E-state index contributed by atoms with van der Waals surface area (Å²) in [5.41, 5.74) is 3.80. The molecule has 1 saturated heterocycles. The van der Waals surface area contributed by atoms with Crippen molar-refractivity contribution in [2.45, 2.75) is 40.5 Å². The Morgan fingerprint density at radius 1 is 1.12 bits per heavy atom. The minimum absolute atomic E-state index is 0.00181. The SMILES string of the molecule is Cc1nc(Nc2c(C)cccc2C)cc(C(=O)N2CCC(C)CC2)n1. The number of carbonyl (C=O) groups excluding carboxylic acids is 1. The highest BCUT2D eigenvalue weighted by molar-refractivity contribution is 5.93. The smallest absolute Gasteiger partial charge is 0.272 e. The van der Waals surface area contributed by atoms with E-state index in [1.54, 1.807) is 6.07 Å². The van der Waals surface area contributed by atoms with Crippen molar-refractivity contribution in [2.24, 2.45) is 5.92 Å². The van der Waals surface area contributed by atoms with E-state index in [1.807, 2.05) is 17.9 Å². The molecule has 2 heterocycles. The zero-order chi connectivity index (χ0) is 18.0. The van der Waals surface area contributed by atoms with Gasteiger partial charge in [-0.15, -0.1) is 0 Å². The van der Waals surface area contributed by atoms with Crippen LogP contribution < -0.4 is 5.32 Å². The molecule has 3 rings (SSSR count). The second-order valence-electron chi connectivity index (χ2n) is 7.05. The van der Waals surface area contributed by atoms with Gasteiger partial charge in [-0.3, -0.25) is 4.79 Å². The van der Waals surface area contributed by atoms with E-state index in [-0.39, 0.29) is 5.91 Å². The molecule has 5 nitrogen and oxygen atoms in total. The Morgan fingerprint density at radius 3 is 2.40 bits per heavy atom. The van der Waals surface area contributed by atoms with E-state index in [0.29, 0.717) is 23.3 Å². The first-order chi connectivity index (χ1) is 11.9. The lowest BCUT2D eigenvalue weighted by molar-refractivity contribution is 0.0691. The predicted octanol–water partition coefficient (Wildman–Crippen LogP) is 4.02. The van der Waals surface area contributed by atoms with Crippen LogP contribution in [0.4, 0.5) is 11.5 Å². The van der Waals surface area contributed by atoms with Crippen LogP contribution in [0.5, 0.6) is 0 Å². The molecule has 0 atom stereocenters. The summed E-state index contributed by atoms with van der Waals surface area (Å²) in [7, 11) is 0. The number of aryl methyl sites for hydroxylation is 3. The van der Waals surface area contributed by atoms with Crippen LogP contribution >= 0.6 is 0 Å². The maximum atomic E-state index is 12.8. The van der Waals surface area contributed by atoms with Crippen molar-refractivity contribution in [1.29, 1.82) is 0 Å². The molecule has 1 aromatic carbocycles. The van der Waals surface area contributed by atoms with E-state index in [4.69, 9.17) is 0 Å². The molecule has 2 aromatic rings. The van der Waals surface area contributed by atoms with Crippen molar-refractivity contribution in [3.63, 3.8) is 0 Å². The molecule has 0 spiro atoms. The van der Waals surface area contributed by atoms with Crippen molar-refractivity contribution >= 4 is 17.4 Å². The summed E-state index contributed by atoms with van der Waals surface area (Å²) in [5.74, 6) is 1.96. The topological polar surface area (TPSA) is 58.1 Å². The Labute approximate surface area is 149 Å². The fourth-order valence-corrected chi connectivity index (χ4v) is 3.25. The third kappa shape index (κ3) is 3.98. The number of nitrogens with one attached hydrogen (secondary N) is 1. The normalized spacial score (nSPS) is 15.3. The summed E-state index contributed by atoms with van der Waals surface area (Å²) in [6, 6.07) is 7.92. The molecule has 0 bridgehead atoms. The highest BCUT2D eigenvalue weighted by Gasteiger charge is 2.23. The predicted molar refractivity (Wildman–Crippen MR) is 100 cm³/mol. The molecule has 1 aliphatic heterocycles. The summed E-state index contributed by atoms with van der Waals surface area (Å²) < 4.78 is 0. The second kappa shape index (κ2) is 7.21. The lowest BCUT2D eigenvalue weighted by Crippen LogP contribution is -2.38. The van der Waals surface area contributed by atoms with Gasteiger partial charge in [-0.25, -0.2) is 9.97 Å². The maximum absolute atomic E-state index is 12.8. The lowest BCUT2D eigenvalue weighted by Gasteiger charge is -2.30. The van der Waals surface area contributed by atoms with Crippen molar-refractivity contribution in [2.75, 3.05) is 18.4 Å². The van der Waals surface area contributed by atoms with Gasteiger partial charge >= 0.3 is 0 Å². The van der Waals surface area contributed by atoms with Gasteiger partial charge in [-0.2, -0.15) is 0 Å². The molecule has 1 N–H and O–H groups in total. The van der Waals surface area contributed by atoms with Gasteiger partial charge in [0.1, 0.15) is 17.3 Å². The number of aromatic nitrogens is 2. The molecule has 0 aliphatic carbocycles. The molecule has 1 amide bonds. The van der Waals surface area contributed by atoms with E-state index in [9.17, 15) is 4.79 Å². The van der Waals surface area contributed by atoms with Gasteiger partial charge in [-0.05, 0) is 50.7 Å². The van der Waals surface area contributed by atoms with Crippen LogP contribution in [0.1, 0.15) is 47.2 Å². The second-order valence-corrected chi connectivity index (χ2v) is 7.05. The standard InChI is InChI=1S/C20H26N4O/c1-13-8-10-24(11-9-13)20(25)17-12-18(22-16(4)21-17)23-19-14(2)6-5-7-15(19)3/h5-7,12-13H,8-11H2,1-4H3,(H,21,22,23). The van der Waals surface area contributed by atoms with Crippen molar-refractivity contribution < 1.29 is 4.79 Å². The minimum Gasteiger partial charge on any atom is -0.340 e. The Hall–Kier alpha value is -2.43. The number of piperidine rings is 1. The molecule has 5 heteroatoms. The van der Waals surface area contributed by atoms with E-state index in [2.05, 4.69) is 48.2 Å². The summed E-state index contributed by atoms with van der Waals surface area (Å²) in [6.07, 6.45) is 2.12. The van der Waals surface area contributed by atoms with Crippen molar-refractivity contribution in [3.05, 3.63) is 46.9 Å². The molecular weight excluding hydrogens is 312 g/mol. The summed E-state index contributed by atoms with van der Waals surface area (Å²) in [4.78, 5) is 23.5. The number of hydrogen-bond donors (Lipinski definition) is 1. The van der Waals surface area contributed by atoms with Gasteiger partial charge in [0.2, 0.25) is 0 Å². The molecule has 132 valence electrons. The van der Waals surface area contributed by atoms with Crippen LogP contribution in [0.15, 0.2) is 24.3 Å². The highest BCUT2D eigenvalue weighted by atomic mass is 16.2. The first kappa shape index (κ1) is 17.4. The molecule has 1 fully saturated rings. The molecule has 1 aromatic heterocycles. The minimum atomic E-state index is 0.00181. The average Bonchev–Trinajstić information content (AvgIpc) is 2.58. The van der Waals surface area contributed by atoms with Crippen molar-refractivity contribution in [3.8, 4) is 0 Å². The van der Waals surface area contributed by atoms with E-state index in [1.165, 1.54) is 0 Å². The van der Waals surface area contributed by atoms with Gasteiger partial charge in [0.25, 0.3) is 5.91 Å². The van der Waals surface area contributed by atoms with Crippen LogP contribution in [0, 0.1) is 26.7 Å². The quantitative estimate of drug-likeness (QED) is 0.918. The first-order valence-electron chi connectivity index (χ1n) is 8.92. The Bertz CT molecular complexity index is 759. The van der Waals surface area contributed by atoms with E-state index >= 15 is 0 Å². The molecular formula is C20H26N4O. The largest absolute Gasteiger partial charge is 0.340 e. The van der Waals surface area contributed by atoms with Gasteiger partial charge in [0.05, 0.1) is 0 Å². The number of likely N-dealkylation sites (tertiary alicyclic amines) is 1. The summed E-state index contributed by atoms with van der Waals surface area (Å²) in [6.45, 7) is 9.80. The third-order valence-corrected chi connectivity index (χ3v) is 4.86. The molecule has 0 unspecified atom stereocenters. The van der Waals surface area contributed by atoms with Crippen LogP contribution in [0.3, 0.4) is 0 Å². The first-order valence-corrected chi connectivity index (χ1v) is 8.92. The number of anilines is 2. The van der Waals surface area contributed by atoms with Crippen LogP contribution in [0.25, 0.3) is 0 Å². The number of para-hydroxylation sites is 1. The fourth-order valence-electron chi connectivity index (χ4n) is 3.25. The fraction of sp³-hybridized carbons (Fsp3) is 0.450. The van der Waals surface area contributed by atoms with Crippen LogP contribution in [-0.4, -0.2) is 33.9 Å². The zero-order valence-electron chi connectivity index (χ0n) is 15.5. The zero-order valence-corrected chi connectivity index (χ0v) is 15.5. The molecule has 0 radical (unpaired) electrons. The van der Waals surface area contributed by atoms with E-state index < -0.39 is 0 Å².